The van der Waals surface area contributed by atoms with E-state index in [0.717, 1.165) is 38.0 Å². The standard InChI is InChI=1S/C28H44N2O5/c1-18(35-26(33)30-15-13-29(14-16-30)25(32)34-4)22-7-8-23-21-6-5-19-17-20(31)9-11-27(19,2)24(21)10-12-28(22,23)3/h5,18,20-24,31H,6-17H2,1-4H3/t18-,20-,21-,22+,23-,24-,27-,28+/m0/s1. The maximum absolute atomic E-state index is 13.0. The van der Waals surface area contributed by atoms with Crippen LogP contribution in [0.4, 0.5) is 9.59 Å². The fourth-order valence-corrected chi connectivity index (χ4v) is 8.97. The van der Waals surface area contributed by atoms with Crippen molar-refractivity contribution in [1.82, 2.24) is 9.80 Å². The summed E-state index contributed by atoms with van der Waals surface area (Å²) in [6.07, 6.45) is 10.5. The van der Waals surface area contributed by atoms with Crippen molar-refractivity contribution >= 4 is 12.2 Å². The van der Waals surface area contributed by atoms with Crippen LogP contribution in [0.5, 0.6) is 0 Å². The lowest BCUT2D eigenvalue weighted by Gasteiger charge is -2.58. The van der Waals surface area contributed by atoms with Gasteiger partial charge in [0, 0.05) is 32.1 Å². The van der Waals surface area contributed by atoms with Gasteiger partial charge in [-0.15, -0.1) is 0 Å². The van der Waals surface area contributed by atoms with Gasteiger partial charge in [-0.2, -0.15) is 0 Å². The van der Waals surface area contributed by atoms with Gasteiger partial charge in [0.2, 0.25) is 0 Å². The molecule has 0 aromatic carbocycles. The van der Waals surface area contributed by atoms with Crippen molar-refractivity contribution in [2.75, 3.05) is 33.3 Å². The number of allylic oxidation sites excluding steroid dienone is 1. The largest absolute Gasteiger partial charge is 0.453 e. The summed E-state index contributed by atoms with van der Waals surface area (Å²) >= 11 is 0. The van der Waals surface area contributed by atoms with Gasteiger partial charge in [0.05, 0.1) is 13.2 Å². The maximum Gasteiger partial charge on any atom is 0.410 e. The Labute approximate surface area is 210 Å². The summed E-state index contributed by atoms with van der Waals surface area (Å²) in [5, 5.41) is 10.3. The molecule has 1 aliphatic heterocycles. The molecule has 5 rings (SSSR count). The van der Waals surface area contributed by atoms with E-state index in [2.05, 4.69) is 26.8 Å². The lowest BCUT2D eigenvalue weighted by Crippen LogP contribution is -2.52. The normalized spacial score (nSPS) is 41.7. The molecule has 1 heterocycles. The molecule has 1 saturated heterocycles. The van der Waals surface area contributed by atoms with E-state index in [9.17, 15) is 14.7 Å². The monoisotopic (exact) mass is 488 g/mol. The number of hydrogen-bond donors (Lipinski definition) is 1. The molecule has 0 spiro atoms. The highest BCUT2D eigenvalue weighted by molar-refractivity contribution is 5.70. The van der Waals surface area contributed by atoms with Gasteiger partial charge in [0.25, 0.3) is 0 Å². The number of fused-ring (bicyclic) bond motifs is 5. The molecule has 5 aliphatic rings. The van der Waals surface area contributed by atoms with Gasteiger partial charge < -0.3 is 24.4 Å². The Bertz CT molecular complexity index is 867. The fourth-order valence-electron chi connectivity index (χ4n) is 8.97. The Morgan fingerprint density at radius 3 is 2.37 bits per heavy atom. The van der Waals surface area contributed by atoms with Gasteiger partial charge in [-0.25, -0.2) is 9.59 Å². The first-order valence-corrected chi connectivity index (χ1v) is 13.8. The van der Waals surface area contributed by atoms with Crippen LogP contribution in [0.25, 0.3) is 0 Å². The molecular weight excluding hydrogens is 444 g/mol. The fraction of sp³-hybridized carbons (Fsp3) is 0.857. The van der Waals surface area contributed by atoms with Crippen LogP contribution >= 0.6 is 0 Å². The van der Waals surface area contributed by atoms with Crippen molar-refractivity contribution in [2.45, 2.75) is 84.3 Å². The van der Waals surface area contributed by atoms with Gasteiger partial charge >= 0.3 is 12.2 Å². The van der Waals surface area contributed by atoms with E-state index in [4.69, 9.17) is 9.47 Å². The van der Waals surface area contributed by atoms with E-state index in [0.29, 0.717) is 43.9 Å². The number of methoxy groups -OCH3 is 1. The molecule has 0 radical (unpaired) electrons. The van der Waals surface area contributed by atoms with E-state index in [-0.39, 0.29) is 35.2 Å². The number of carbonyl (C=O) groups is 2. The first-order valence-electron chi connectivity index (χ1n) is 13.8. The highest BCUT2D eigenvalue weighted by Crippen LogP contribution is 2.66. The minimum absolute atomic E-state index is 0.109. The van der Waals surface area contributed by atoms with E-state index >= 15 is 0 Å². The zero-order valence-corrected chi connectivity index (χ0v) is 22.0. The Balaban J connectivity index is 1.23. The maximum atomic E-state index is 13.0. The van der Waals surface area contributed by atoms with Crippen molar-refractivity contribution in [3.8, 4) is 0 Å². The molecule has 7 heteroatoms. The van der Waals surface area contributed by atoms with E-state index < -0.39 is 0 Å². The number of aliphatic hydroxyl groups is 1. The molecule has 0 unspecified atom stereocenters. The Morgan fingerprint density at radius 2 is 1.69 bits per heavy atom. The van der Waals surface area contributed by atoms with Crippen LogP contribution in [0.1, 0.15) is 72.1 Å². The third kappa shape index (κ3) is 4.15. The highest BCUT2D eigenvalue weighted by Gasteiger charge is 2.59. The van der Waals surface area contributed by atoms with Crippen LogP contribution < -0.4 is 0 Å². The van der Waals surface area contributed by atoms with Crippen LogP contribution in [0, 0.1) is 34.5 Å². The van der Waals surface area contributed by atoms with Gasteiger partial charge in [0.15, 0.2) is 0 Å². The van der Waals surface area contributed by atoms with E-state index in [1.165, 1.54) is 31.9 Å². The first-order chi connectivity index (χ1) is 16.7. The summed E-state index contributed by atoms with van der Waals surface area (Å²) in [7, 11) is 1.38. The molecule has 2 amide bonds. The Morgan fingerprint density at radius 1 is 1.00 bits per heavy atom. The molecule has 1 N–H and O–H groups in total. The second-order valence-electron chi connectivity index (χ2n) is 12.4. The molecule has 0 bridgehead atoms. The lowest BCUT2D eigenvalue weighted by molar-refractivity contribution is -0.0721. The number of piperazine rings is 1. The minimum atomic E-state index is -0.338. The molecule has 8 atom stereocenters. The average molecular weight is 489 g/mol. The van der Waals surface area contributed by atoms with E-state index in [1.54, 1.807) is 9.80 Å². The summed E-state index contributed by atoms with van der Waals surface area (Å²) in [4.78, 5) is 28.1. The van der Waals surface area contributed by atoms with Crippen molar-refractivity contribution < 1.29 is 24.2 Å². The number of ether oxygens (including phenoxy) is 2. The summed E-state index contributed by atoms with van der Waals surface area (Å²) in [6.45, 7) is 8.96. The molecule has 0 aromatic heterocycles. The lowest BCUT2D eigenvalue weighted by atomic mass is 9.47. The van der Waals surface area contributed by atoms with Crippen LogP contribution in [0.3, 0.4) is 0 Å². The molecule has 4 fully saturated rings. The number of rotatable bonds is 2. The molecule has 4 aliphatic carbocycles. The second-order valence-corrected chi connectivity index (χ2v) is 12.4. The van der Waals surface area contributed by atoms with Gasteiger partial charge in [0.1, 0.15) is 6.10 Å². The van der Waals surface area contributed by atoms with Gasteiger partial charge in [-0.05, 0) is 86.9 Å². The highest BCUT2D eigenvalue weighted by atomic mass is 16.6. The Kier molecular flexibility index (Phi) is 6.60. The molecular formula is C28H44N2O5. The zero-order valence-electron chi connectivity index (χ0n) is 22.0. The average Bonchev–Trinajstić information content (AvgIpc) is 3.21. The van der Waals surface area contributed by atoms with Crippen LogP contribution in [0.15, 0.2) is 11.6 Å². The SMILES string of the molecule is COC(=O)N1CCN(C(=O)O[C@@H](C)[C@H]2CC[C@H]3[C@@H]4CC=C5C[C@@H](O)CC[C@]5(C)[C@H]4CC[C@]23C)CC1. The smallest absolute Gasteiger partial charge is 0.410 e. The van der Waals surface area contributed by atoms with Crippen molar-refractivity contribution in [3.63, 3.8) is 0 Å². The van der Waals surface area contributed by atoms with E-state index in [1.807, 2.05) is 0 Å². The Hall–Kier alpha value is -1.76. The number of carbonyl (C=O) groups excluding carboxylic acids is 2. The summed E-state index contributed by atoms with van der Waals surface area (Å²) in [5.74, 6) is 2.49. The predicted octanol–water partition coefficient (Wildman–Crippen LogP) is 4.84. The second kappa shape index (κ2) is 9.28. The number of hydrogen-bond acceptors (Lipinski definition) is 5. The first kappa shape index (κ1) is 24.9. The topological polar surface area (TPSA) is 79.3 Å². The third-order valence-electron chi connectivity index (χ3n) is 11.0. The summed E-state index contributed by atoms with van der Waals surface area (Å²) in [6, 6.07) is 0. The predicted molar refractivity (Wildman–Crippen MR) is 133 cm³/mol. The zero-order chi connectivity index (χ0) is 25.0. The number of nitrogens with zero attached hydrogens (tertiary/aromatic N) is 2. The minimum Gasteiger partial charge on any atom is -0.453 e. The van der Waals surface area contributed by atoms with Crippen LogP contribution in [-0.2, 0) is 9.47 Å². The number of aliphatic hydroxyl groups excluding tert-OH is 1. The molecule has 196 valence electrons. The van der Waals surface area contributed by atoms with Crippen molar-refractivity contribution in [1.29, 1.82) is 0 Å². The number of amides is 2. The molecule has 3 saturated carbocycles. The quantitative estimate of drug-likeness (QED) is 0.563. The van der Waals surface area contributed by atoms with Gasteiger partial charge in [-0.3, -0.25) is 0 Å². The summed E-state index contributed by atoms with van der Waals surface area (Å²) < 4.78 is 10.9. The molecule has 0 aromatic rings. The molecule has 7 nitrogen and oxygen atoms in total. The summed E-state index contributed by atoms with van der Waals surface area (Å²) in [5.41, 5.74) is 1.98. The third-order valence-corrected chi connectivity index (χ3v) is 11.0. The van der Waals surface area contributed by atoms with Crippen molar-refractivity contribution in [2.24, 2.45) is 34.5 Å². The van der Waals surface area contributed by atoms with Crippen molar-refractivity contribution in [3.05, 3.63) is 11.6 Å². The van der Waals surface area contributed by atoms with Crippen LogP contribution in [0.2, 0.25) is 0 Å². The van der Waals surface area contributed by atoms with Gasteiger partial charge in [-0.1, -0.05) is 25.5 Å². The van der Waals surface area contributed by atoms with Crippen LogP contribution in [-0.4, -0.2) is 72.6 Å². The molecule has 35 heavy (non-hydrogen) atoms.